The smallest absolute Gasteiger partial charge is 0.201 e. The molecular weight excluding hydrogens is 354 g/mol. The van der Waals surface area contributed by atoms with Crippen molar-refractivity contribution >= 4 is 0 Å². The Kier molecular flexibility index (Phi) is 7.02. The quantitative estimate of drug-likeness (QED) is 0.366. The zero-order valence-corrected chi connectivity index (χ0v) is 16.5. The van der Waals surface area contributed by atoms with Gasteiger partial charge >= 0.3 is 0 Å². The first-order valence-electron chi connectivity index (χ1n) is 10.1. The number of aryl methyl sites for hydroxylation is 2. The molecule has 0 amide bonds. The second kappa shape index (κ2) is 9.68. The van der Waals surface area contributed by atoms with Crippen molar-refractivity contribution in [3.05, 3.63) is 89.7 Å². The van der Waals surface area contributed by atoms with Crippen LogP contribution in [0.1, 0.15) is 55.2 Å². The van der Waals surface area contributed by atoms with Gasteiger partial charge in [0.25, 0.3) is 0 Å². The van der Waals surface area contributed by atoms with E-state index in [9.17, 15) is 8.78 Å². The maximum Gasteiger partial charge on any atom is 0.201 e. The Morgan fingerprint density at radius 1 is 0.964 bits per heavy atom. The van der Waals surface area contributed by atoms with E-state index in [4.69, 9.17) is 4.74 Å². The van der Waals surface area contributed by atoms with Crippen molar-refractivity contribution in [1.29, 1.82) is 0 Å². The predicted octanol–water partition coefficient (Wildman–Crippen LogP) is 7.12. The maximum absolute atomic E-state index is 14.3. The zero-order valence-electron chi connectivity index (χ0n) is 16.5. The highest BCUT2D eigenvalue weighted by molar-refractivity contribution is 5.33. The van der Waals surface area contributed by atoms with E-state index >= 15 is 0 Å². The SMILES string of the molecule is C=CC1CCC(c2ccc(CCc3ccc(OC=CC)c(F)c3F)cc2)CC1. The fourth-order valence-electron chi connectivity index (χ4n) is 3.92. The van der Waals surface area contributed by atoms with Crippen LogP contribution in [0.2, 0.25) is 0 Å². The van der Waals surface area contributed by atoms with E-state index in [1.807, 2.05) is 0 Å². The number of benzene rings is 2. The average Bonchev–Trinajstić information content (AvgIpc) is 2.74. The fourth-order valence-corrected chi connectivity index (χ4v) is 3.92. The molecular formula is C25H28F2O. The van der Waals surface area contributed by atoms with Gasteiger partial charge in [-0.15, -0.1) is 6.58 Å². The monoisotopic (exact) mass is 382 g/mol. The Morgan fingerprint density at radius 3 is 2.32 bits per heavy atom. The summed E-state index contributed by atoms with van der Waals surface area (Å²) in [4.78, 5) is 0. The summed E-state index contributed by atoms with van der Waals surface area (Å²) in [5.41, 5.74) is 2.89. The summed E-state index contributed by atoms with van der Waals surface area (Å²) in [6.45, 7) is 5.66. The highest BCUT2D eigenvalue weighted by Crippen LogP contribution is 2.36. The molecule has 148 valence electrons. The first-order chi connectivity index (χ1) is 13.6. The molecule has 3 rings (SSSR count). The van der Waals surface area contributed by atoms with Crippen LogP contribution in [0, 0.1) is 17.6 Å². The van der Waals surface area contributed by atoms with Gasteiger partial charge in [-0.25, -0.2) is 4.39 Å². The Bertz CT molecular complexity index is 815. The molecule has 0 aliphatic heterocycles. The minimum atomic E-state index is -0.930. The largest absolute Gasteiger partial charge is 0.462 e. The molecule has 3 heteroatoms. The standard InChI is InChI=1S/C25H28F2O/c1-3-17-28-23-16-15-22(24(26)25(23)27)14-9-19-7-12-21(13-8-19)20-10-5-18(4-2)6-11-20/h3-4,7-8,12-13,15-18,20H,2,5-6,9-11,14H2,1H3. The molecule has 1 aliphatic rings. The van der Waals surface area contributed by atoms with Gasteiger partial charge in [-0.3, -0.25) is 0 Å². The molecule has 0 radical (unpaired) electrons. The van der Waals surface area contributed by atoms with Gasteiger partial charge < -0.3 is 4.74 Å². The number of allylic oxidation sites excluding steroid dienone is 2. The Morgan fingerprint density at radius 2 is 1.68 bits per heavy atom. The molecule has 0 saturated heterocycles. The van der Waals surface area contributed by atoms with Crippen molar-refractivity contribution in [3.63, 3.8) is 0 Å². The summed E-state index contributed by atoms with van der Waals surface area (Å²) in [5, 5.41) is 0. The van der Waals surface area contributed by atoms with E-state index in [1.54, 1.807) is 19.1 Å². The van der Waals surface area contributed by atoms with Crippen LogP contribution in [0.25, 0.3) is 0 Å². The van der Waals surface area contributed by atoms with Crippen LogP contribution in [-0.2, 0) is 12.8 Å². The maximum atomic E-state index is 14.3. The van der Waals surface area contributed by atoms with Crippen LogP contribution in [-0.4, -0.2) is 0 Å². The molecule has 1 nitrogen and oxygen atoms in total. The van der Waals surface area contributed by atoms with Crippen LogP contribution < -0.4 is 4.74 Å². The lowest BCUT2D eigenvalue weighted by Gasteiger charge is -2.27. The van der Waals surface area contributed by atoms with E-state index in [-0.39, 0.29) is 5.75 Å². The molecule has 0 unspecified atom stereocenters. The minimum absolute atomic E-state index is 0.0881. The first kappa shape index (κ1) is 20.3. The second-order valence-corrected chi connectivity index (χ2v) is 7.53. The molecule has 1 saturated carbocycles. The van der Waals surface area contributed by atoms with Gasteiger partial charge in [-0.1, -0.05) is 42.5 Å². The Labute approximate surface area is 166 Å². The van der Waals surface area contributed by atoms with Crippen molar-refractivity contribution in [1.82, 2.24) is 0 Å². The molecule has 0 heterocycles. The first-order valence-corrected chi connectivity index (χ1v) is 10.1. The van der Waals surface area contributed by atoms with Crippen molar-refractivity contribution < 1.29 is 13.5 Å². The number of ether oxygens (including phenoxy) is 1. The Balaban J connectivity index is 1.59. The lowest BCUT2D eigenvalue weighted by molar-refractivity contribution is 0.376. The number of hydrogen-bond acceptors (Lipinski definition) is 1. The lowest BCUT2D eigenvalue weighted by Crippen LogP contribution is -2.11. The van der Waals surface area contributed by atoms with Gasteiger partial charge in [0, 0.05) is 0 Å². The Hall–Kier alpha value is -2.42. The van der Waals surface area contributed by atoms with Crippen LogP contribution in [0.3, 0.4) is 0 Å². The van der Waals surface area contributed by atoms with E-state index < -0.39 is 11.6 Å². The lowest BCUT2D eigenvalue weighted by atomic mass is 9.78. The van der Waals surface area contributed by atoms with Crippen molar-refractivity contribution in [2.45, 2.75) is 51.4 Å². The van der Waals surface area contributed by atoms with Gasteiger partial charge in [0.05, 0.1) is 6.26 Å². The van der Waals surface area contributed by atoms with Crippen molar-refractivity contribution in [2.24, 2.45) is 5.92 Å². The van der Waals surface area contributed by atoms with E-state index in [2.05, 4.69) is 36.9 Å². The third-order valence-corrected chi connectivity index (χ3v) is 5.70. The van der Waals surface area contributed by atoms with E-state index in [1.165, 1.54) is 43.6 Å². The molecule has 28 heavy (non-hydrogen) atoms. The number of halogens is 2. The molecule has 0 N–H and O–H groups in total. The summed E-state index contributed by atoms with van der Waals surface area (Å²) >= 11 is 0. The van der Waals surface area contributed by atoms with E-state index in [0.29, 0.717) is 30.2 Å². The van der Waals surface area contributed by atoms with Crippen molar-refractivity contribution in [3.8, 4) is 5.75 Å². The van der Waals surface area contributed by atoms with Gasteiger partial charge in [0.1, 0.15) is 0 Å². The van der Waals surface area contributed by atoms with Crippen LogP contribution in [0.5, 0.6) is 5.75 Å². The summed E-state index contributed by atoms with van der Waals surface area (Å²) in [7, 11) is 0. The zero-order chi connectivity index (χ0) is 19.9. The average molecular weight is 382 g/mol. The molecule has 2 aromatic carbocycles. The molecule has 0 spiro atoms. The normalized spacial score (nSPS) is 19.7. The molecule has 0 aromatic heterocycles. The third kappa shape index (κ3) is 4.89. The van der Waals surface area contributed by atoms with Crippen LogP contribution >= 0.6 is 0 Å². The second-order valence-electron chi connectivity index (χ2n) is 7.53. The van der Waals surface area contributed by atoms with Gasteiger partial charge in [-0.2, -0.15) is 4.39 Å². The highest BCUT2D eigenvalue weighted by atomic mass is 19.2. The van der Waals surface area contributed by atoms with Gasteiger partial charge in [0.15, 0.2) is 11.6 Å². The fraction of sp³-hybridized carbons (Fsp3) is 0.360. The summed E-state index contributed by atoms with van der Waals surface area (Å²) in [6.07, 6.45) is 11.0. The topological polar surface area (TPSA) is 9.23 Å². The molecule has 1 fully saturated rings. The summed E-state index contributed by atoms with van der Waals surface area (Å²) in [5.74, 6) is -0.546. The van der Waals surface area contributed by atoms with Crippen molar-refractivity contribution in [2.75, 3.05) is 0 Å². The summed E-state index contributed by atoms with van der Waals surface area (Å²) < 4.78 is 33.4. The molecule has 0 atom stereocenters. The molecule has 2 aromatic rings. The highest BCUT2D eigenvalue weighted by Gasteiger charge is 2.20. The minimum Gasteiger partial charge on any atom is -0.462 e. The van der Waals surface area contributed by atoms with E-state index in [0.717, 1.165) is 5.56 Å². The number of rotatable bonds is 7. The van der Waals surface area contributed by atoms with Gasteiger partial charge in [0.2, 0.25) is 5.82 Å². The molecule has 1 aliphatic carbocycles. The number of hydrogen-bond donors (Lipinski definition) is 0. The van der Waals surface area contributed by atoms with Crippen LogP contribution in [0.4, 0.5) is 8.78 Å². The van der Waals surface area contributed by atoms with Crippen LogP contribution in [0.15, 0.2) is 61.4 Å². The third-order valence-electron chi connectivity index (χ3n) is 5.70. The predicted molar refractivity (Wildman–Crippen MR) is 111 cm³/mol. The summed E-state index contributed by atoms with van der Waals surface area (Å²) in [6, 6.07) is 11.7. The molecule has 0 bridgehead atoms. The van der Waals surface area contributed by atoms with Gasteiger partial charge in [-0.05, 0) is 80.0 Å².